The Labute approximate surface area is 110 Å². The number of aliphatic hydroxyl groups is 1. The molecule has 0 saturated heterocycles. The molecule has 0 fully saturated rings. The van der Waals surface area contributed by atoms with Gasteiger partial charge < -0.3 is 14.6 Å². The number of benzene rings is 1. The summed E-state index contributed by atoms with van der Waals surface area (Å²) in [5.41, 5.74) is 1.33. The first kappa shape index (κ1) is 15.0. The average Bonchev–Trinajstić information content (AvgIpc) is 2.43. The van der Waals surface area contributed by atoms with Crippen molar-refractivity contribution < 1.29 is 14.6 Å². The van der Waals surface area contributed by atoms with Crippen molar-refractivity contribution in [2.45, 2.75) is 39.2 Å². The lowest BCUT2D eigenvalue weighted by Crippen LogP contribution is -2.25. The molecule has 0 bridgehead atoms. The third kappa shape index (κ3) is 4.67. The molecule has 1 aromatic carbocycles. The van der Waals surface area contributed by atoms with Crippen LogP contribution < -0.4 is 4.74 Å². The van der Waals surface area contributed by atoms with Gasteiger partial charge in [0, 0.05) is 6.61 Å². The Morgan fingerprint density at radius 1 is 1.17 bits per heavy atom. The molecule has 0 aliphatic rings. The third-order valence-corrected chi connectivity index (χ3v) is 3.10. The van der Waals surface area contributed by atoms with Crippen molar-refractivity contribution in [3.05, 3.63) is 29.8 Å². The van der Waals surface area contributed by atoms with E-state index in [2.05, 4.69) is 26.0 Å². The van der Waals surface area contributed by atoms with Crippen molar-refractivity contribution >= 4 is 0 Å². The second kappa shape index (κ2) is 8.11. The van der Waals surface area contributed by atoms with Crippen LogP contribution in [-0.4, -0.2) is 31.0 Å². The van der Waals surface area contributed by atoms with Gasteiger partial charge in [-0.1, -0.05) is 26.0 Å². The summed E-state index contributed by atoms with van der Waals surface area (Å²) in [5, 5.41) is 9.08. The maximum absolute atomic E-state index is 9.08. The van der Waals surface area contributed by atoms with E-state index in [4.69, 9.17) is 14.6 Å². The van der Waals surface area contributed by atoms with Crippen molar-refractivity contribution in [1.29, 1.82) is 0 Å². The number of hydrogen-bond donors (Lipinski definition) is 1. The van der Waals surface area contributed by atoms with Crippen LogP contribution in [0.25, 0.3) is 0 Å². The second-order valence-electron chi connectivity index (χ2n) is 4.45. The Morgan fingerprint density at radius 3 is 2.33 bits per heavy atom. The highest BCUT2D eigenvalue weighted by Crippen LogP contribution is 2.21. The topological polar surface area (TPSA) is 38.7 Å². The molecule has 0 aliphatic carbocycles. The maximum atomic E-state index is 9.08. The van der Waals surface area contributed by atoms with E-state index in [1.807, 2.05) is 19.1 Å². The monoisotopic (exact) mass is 252 g/mol. The molecule has 18 heavy (non-hydrogen) atoms. The van der Waals surface area contributed by atoms with Crippen LogP contribution in [0.4, 0.5) is 0 Å². The fraction of sp³-hybridized carbons (Fsp3) is 0.600. The standard InChI is InChI=1S/C15H24O3/c1-4-12(3)13-6-8-14(9-7-13)18-11-15(10-16)17-5-2/h6-9,12,15-16H,4-5,10-11H2,1-3H3. The van der Waals surface area contributed by atoms with Crippen molar-refractivity contribution in [2.24, 2.45) is 0 Å². The Balaban J connectivity index is 2.48. The summed E-state index contributed by atoms with van der Waals surface area (Å²) in [4.78, 5) is 0. The second-order valence-corrected chi connectivity index (χ2v) is 4.45. The molecule has 3 heteroatoms. The first-order valence-corrected chi connectivity index (χ1v) is 6.66. The first-order chi connectivity index (χ1) is 8.71. The van der Waals surface area contributed by atoms with Gasteiger partial charge in [0.05, 0.1) is 6.61 Å². The molecule has 102 valence electrons. The maximum Gasteiger partial charge on any atom is 0.119 e. The predicted molar refractivity (Wildman–Crippen MR) is 73.1 cm³/mol. The summed E-state index contributed by atoms with van der Waals surface area (Å²) in [6.07, 6.45) is 0.890. The molecule has 1 aromatic rings. The minimum absolute atomic E-state index is 0.0151. The Morgan fingerprint density at radius 2 is 1.83 bits per heavy atom. The summed E-state index contributed by atoms with van der Waals surface area (Å²) in [6.45, 7) is 7.26. The smallest absolute Gasteiger partial charge is 0.119 e. The summed E-state index contributed by atoms with van der Waals surface area (Å²) in [5.74, 6) is 1.40. The van der Waals surface area contributed by atoms with Crippen molar-refractivity contribution in [1.82, 2.24) is 0 Å². The lowest BCUT2D eigenvalue weighted by molar-refractivity contribution is -0.00763. The molecule has 0 saturated carbocycles. The summed E-state index contributed by atoms with van der Waals surface area (Å²) in [7, 11) is 0. The van der Waals surface area contributed by atoms with Gasteiger partial charge in [0.2, 0.25) is 0 Å². The SMILES string of the molecule is CCOC(CO)COc1ccc(C(C)CC)cc1. The van der Waals surface area contributed by atoms with Crippen LogP contribution >= 0.6 is 0 Å². The summed E-state index contributed by atoms with van der Waals surface area (Å²) < 4.78 is 10.9. The normalized spacial score (nSPS) is 14.2. The highest BCUT2D eigenvalue weighted by atomic mass is 16.5. The van der Waals surface area contributed by atoms with Gasteiger partial charge in [0.1, 0.15) is 18.5 Å². The lowest BCUT2D eigenvalue weighted by Gasteiger charge is -2.16. The first-order valence-electron chi connectivity index (χ1n) is 6.66. The fourth-order valence-corrected chi connectivity index (χ4v) is 1.71. The highest BCUT2D eigenvalue weighted by molar-refractivity contribution is 5.29. The molecule has 2 atom stereocenters. The molecule has 0 aromatic heterocycles. The Hall–Kier alpha value is -1.06. The van der Waals surface area contributed by atoms with Gasteiger partial charge >= 0.3 is 0 Å². The molecule has 0 radical (unpaired) electrons. The van der Waals surface area contributed by atoms with E-state index in [0.29, 0.717) is 19.1 Å². The van der Waals surface area contributed by atoms with E-state index >= 15 is 0 Å². The van der Waals surface area contributed by atoms with E-state index in [0.717, 1.165) is 12.2 Å². The molecule has 2 unspecified atom stereocenters. The van der Waals surface area contributed by atoms with Crippen LogP contribution in [-0.2, 0) is 4.74 Å². The van der Waals surface area contributed by atoms with Gasteiger partial charge in [0.25, 0.3) is 0 Å². The highest BCUT2D eigenvalue weighted by Gasteiger charge is 2.08. The quantitative estimate of drug-likeness (QED) is 0.773. The van der Waals surface area contributed by atoms with Crippen molar-refractivity contribution in [3.8, 4) is 5.75 Å². The van der Waals surface area contributed by atoms with Crippen LogP contribution in [0.3, 0.4) is 0 Å². The molecule has 0 spiro atoms. The largest absolute Gasteiger partial charge is 0.491 e. The Kier molecular flexibility index (Phi) is 6.76. The molecule has 0 heterocycles. The number of ether oxygens (including phenoxy) is 2. The van der Waals surface area contributed by atoms with Crippen molar-refractivity contribution in [2.75, 3.05) is 19.8 Å². The third-order valence-electron chi connectivity index (χ3n) is 3.10. The van der Waals surface area contributed by atoms with Crippen molar-refractivity contribution in [3.63, 3.8) is 0 Å². The molecular weight excluding hydrogens is 228 g/mol. The molecule has 1 N–H and O–H groups in total. The summed E-state index contributed by atoms with van der Waals surface area (Å²) >= 11 is 0. The van der Waals surface area contributed by atoms with E-state index in [-0.39, 0.29) is 12.7 Å². The average molecular weight is 252 g/mol. The summed E-state index contributed by atoms with van der Waals surface area (Å²) in [6, 6.07) is 8.14. The van der Waals surface area contributed by atoms with E-state index in [1.165, 1.54) is 5.56 Å². The minimum atomic E-state index is -0.246. The van der Waals surface area contributed by atoms with Gasteiger partial charge in [0.15, 0.2) is 0 Å². The van der Waals surface area contributed by atoms with Crippen LogP contribution in [0.5, 0.6) is 5.75 Å². The zero-order valence-electron chi connectivity index (χ0n) is 11.6. The predicted octanol–water partition coefficient (Wildman–Crippen LogP) is 2.98. The molecular formula is C15H24O3. The van der Waals surface area contributed by atoms with Crippen LogP contribution in [0.1, 0.15) is 38.7 Å². The minimum Gasteiger partial charge on any atom is -0.491 e. The zero-order valence-corrected chi connectivity index (χ0v) is 11.6. The van der Waals surface area contributed by atoms with Gasteiger partial charge in [-0.25, -0.2) is 0 Å². The van der Waals surface area contributed by atoms with Crippen LogP contribution in [0.2, 0.25) is 0 Å². The molecule has 3 nitrogen and oxygen atoms in total. The van der Waals surface area contributed by atoms with Crippen LogP contribution in [0, 0.1) is 0 Å². The van der Waals surface area contributed by atoms with Gasteiger partial charge in [-0.3, -0.25) is 0 Å². The Bertz CT molecular complexity index is 321. The molecule has 0 amide bonds. The fourth-order valence-electron chi connectivity index (χ4n) is 1.71. The van der Waals surface area contributed by atoms with Crippen LogP contribution in [0.15, 0.2) is 24.3 Å². The van der Waals surface area contributed by atoms with E-state index in [1.54, 1.807) is 0 Å². The lowest BCUT2D eigenvalue weighted by atomic mass is 9.99. The van der Waals surface area contributed by atoms with Gasteiger partial charge in [-0.15, -0.1) is 0 Å². The zero-order chi connectivity index (χ0) is 13.4. The van der Waals surface area contributed by atoms with Gasteiger partial charge in [-0.05, 0) is 37.0 Å². The van der Waals surface area contributed by atoms with E-state index in [9.17, 15) is 0 Å². The number of aliphatic hydroxyl groups excluding tert-OH is 1. The van der Waals surface area contributed by atoms with E-state index < -0.39 is 0 Å². The molecule has 0 aliphatic heterocycles. The number of rotatable bonds is 8. The molecule has 1 rings (SSSR count). The van der Waals surface area contributed by atoms with Gasteiger partial charge in [-0.2, -0.15) is 0 Å². The number of hydrogen-bond acceptors (Lipinski definition) is 3.